The van der Waals surface area contributed by atoms with Crippen LogP contribution >= 0.6 is 11.3 Å². The predicted molar refractivity (Wildman–Crippen MR) is 84.5 cm³/mol. The Balaban J connectivity index is 1.66. The molecule has 0 bridgehead atoms. The van der Waals surface area contributed by atoms with Gasteiger partial charge in [-0.2, -0.15) is 4.98 Å². The van der Waals surface area contributed by atoms with Crippen molar-refractivity contribution in [3.63, 3.8) is 0 Å². The number of anilines is 1. The van der Waals surface area contributed by atoms with Gasteiger partial charge in [-0.1, -0.05) is 19.0 Å². The molecule has 0 saturated carbocycles. The van der Waals surface area contributed by atoms with Crippen molar-refractivity contribution < 1.29 is 4.52 Å². The van der Waals surface area contributed by atoms with Gasteiger partial charge in [0.05, 0.1) is 21.8 Å². The number of thiazole rings is 1. The summed E-state index contributed by atoms with van der Waals surface area (Å²) in [5, 5.41) is 8.38. The Morgan fingerprint density at radius 2 is 2.14 bits per heavy atom. The largest absolute Gasteiger partial charge is 0.376 e. The molecule has 1 N–H and O–H groups in total. The average Bonchev–Trinajstić information content (AvgIpc) is 3.00. The van der Waals surface area contributed by atoms with Crippen LogP contribution in [0.2, 0.25) is 0 Å². The van der Waals surface area contributed by atoms with Crippen molar-refractivity contribution >= 4 is 27.2 Å². The Kier molecular flexibility index (Phi) is 3.88. The van der Waals surface area contributed by atoms with Gasteiger partial charge in [0.25, 0.3) is 0 Å². The molecule has 21 heavy (non-hydrogen) atoms. The minimum absolute atomic E-state index is 0.528. The van der Waals surface area contributed by atoms with Gasteiger partial charge in [0.2, 0.25) is 5.89 Å². The predicted octanol–water partition coefficient (Wildman–Crippen LogP) is 3.80. The molecule has 6 heteroatoms. The highest BCUT2D eigenvalue weighted by Gasteiger charge is 2.08. The van der Waals surface area contributed by atoms with Crippen molar-refractivity contribution in [3.8, 4) is 0 Å². The monoisotopic (exact) mass is 302 g/mol. The molecule has 0 atom stereocenters. The molecule has 2 heterocycles. The van der Waals surface area contributed by atoms with E-state index in [2.05, 4.69) is 40.4 Å². The molecule has 0 spiro atoms. The third kappa shape index (κ3) is 3.39. The van der Waals surface area contributed by atoms with E-state index in [1.165, 1.54) is 4.70 Å². The summed E-state index contributed by atoms with van der Waals surface area (Å²) in [5.74, 6) is 1.92. The van der Waals surface area contributed by atoms with Crippen LogP contribution < -0.4 is 5.32 Å². The number of aryl methyl sites for hydroxylation is 1. The summed E-state index contributed by atoms with van der Waals surface area (Å²) in [4.78, 5) is 8.84. The van der Waals surface area contributed by atoms with Crippen molar-refractivity contribution in [2.24, 2.45) is 5.92 Å². The van der Waals surface area contributed by atoms with Crippen molar-refractivity contribution in [2.45, 2.75) is 33.7 Å². The second kappa shape index (κ2) is 5.81. The van der Waals surface area contributed by atoms with E-state index in [0.29, 0.717) is 18.4 Å². The highest BCUT2D eigenvalue weighted by atomic mass is 32.1. The lowest BCUT2D eigenvalue weighted by Gasteiger charge is -2.02. The summed E-state index contributed by atoms with van der Waals surface area (Å²) in [6, 6.07) is 6.15. The second-order valence-corrected chi connectivity index (χ2v) is 6.71. The van der Waals surface area contributed by atoms with Gasteiger partial charge in [-0.3, -0.25) is 0 Å². The number of nitrogens with one attached hydrogen (secondary N) is 1. The minimum Gasteiger partial charge on any atom is -0.376 e. The maximum Gasteiger partial charge on any atom is 0.245 e. The molecule has 1 aromatic carbocycles. The van der Waals surface area contributed by atoms with Crippen LogP contribution in [0.3, 0.4) is 0 Å². The minimum atomic E-state index is 0.528. The normalized spacial score (nSPS) is 11.4. The van der Waals surface area contributed by atoms with Crippen molar-refractivity contribution in [3.05, 3.63) is 34.9 Å². The van der Waals surface area contributed by atoms with Gasteiger partial charge in [0, 0.05) is 12.1 Å². The molecular weight excluding hydrogens is 284 g/mol. The summed E-state index contributed by atoms with van der Waals surface area (Å²) >= 11 is 1.70. The lowest BCUT2D eigenvalue weighted by atomic mass is 10.1. The van der Waals surface area contributed by atoms with Crippen LogP contribution in [-0.2, 0) is 13.0 Å². The van der Waals surface area contributed by atoms with E-state index in [1.807, 2.05) is 19.1 Å². The molecule has 110 valence electrons. The zero-order valence-corrected chi connectivity index (χ0v) is 13.2. The number of benzene rings is 1. The average molecular weight is 302 g/mol. The van der Waals surface area contributed by atoms with E-state index in [4.69, 9.17) is 4.52 Å². The standard InChI is InChI=1S/C15H18N4OS/c1-9(2)6-14-18-15(20-19-14)8-16-11-4-5-12-13(7-11)21-10(3)17-12/h4-5,7,9,16H,6,8H2,1-3H3. The van der Waals surface area contributed by atoms with Gasteiger partial charge in [-0.15, -0.1) is 11.3 Å². The zero-order chi connectivity index (χ0) is 14.8. The molecule has 0 aliphatic rings. The third-order valence-electron chi connectivity index (χ3n) is 3.04. The first kappa shape index (κ1) is 14.0. The van der Waals surface area contributed by atoms with Gasteiger partial charge in [0.1, 0.15) is 0 Å². The van der Waals surface area contributed by atoms with E-state index in [0.717, 1.165) is 28.5 Å². The fourth-order valence-electron chi connectivity index (χ4n) is 2.14. The van der Waals surface area contributed by atoms with Gasteiger partial charge in [0.15, 0.2) is 5.82 Å². The highest BCUT2D eigenvalue weighted by molar-refractivity contribution is 7.18. The van der Waals surface area contributed by atoms with Crippen LogP contribution in [-0.4, -0.2) is 15.1 Å². The lowest BCUT2D eigenvalue weighted by molar-refractivity contribution is 0.375. The number of aromatic nitrogens is 3. The molecule has 3 rings (SSSR count). The van der Waals surface area contributed by atoms with Gasteiger partial charge >= 0.3 is 0 Å². The molecular formula is C15H18N4OS. The Morgan fingerprint density at radius 1 is 1.29 bits per heavy atom. The van der Waals surface area contributed by atoms with E-state index >= 15 is 0 Å². The molecule has 2 aromatic heterocycles. The van der Waals surface area contributed by atoms with Crippen LogP contribution in [0.4, 0.5) is 5.69 Å². The molecule has 3 aromatic rings. The Morgan fingerprint density at radius 3 is 2.95 bits per heavy atom. The number of rotatable bonds is 5. The van der Waals surface area contributed by atoms with Crippen molar-refractivity contribution in [1.82, 2.24) is 15.1 Å². The van der Waals surface area contributed by atoms with E-state index in [1.54, 1.807) is 11.3 Å². The molecule has 0 radical (unpaired) electrons. The van der Waals surface area contributed by atoms with Gasteiger partial charge in [-0.05, 0) is 31.0 Å². The van der Waals surface area contributed by atoms with Gasteiger partial charge < -0.3 is 9.84 Å². The van der Waals surface area contributed by atoms with Crippen LogP contribution in [0.15, 0.2) is 22.7 Å². The topological polar surface area (TPSA) is 63.8 Å². The van der Waals surface area contributed by atoms with E-state index < -0.39 is 0 Å². The maximum atomic E-state index is 5.25. The molecule has 0 aliphatic carbocycles. The molecule has 0 fully saturated rings. The van der Waals surface area contributed by atoms with E-state index in [-0.39, 0.29) is 0 Å². The van der Waals surface area contributed by atoms with E-state index in [9.17, 15) is 0 Å². The molecule has 5 nitrogen and oxygen atoms in total. The summed E-state index contributed by atoms with van der Waals surface area (Å²) < 4.78 is 6.43. The second-order valence-electron chi connectivity index (χ2n) is 5.47. The Labute approximate surface area is 127 Å². The zero-order valence-electron chi connectivity index (χ0n) is 12.4. The number of hydrogen-bond acceptors (Lipinski definition) is 6. The first-order chi connectivity index (χ1) is 10.1. The molecule has 0 aliphatic heterocycles. The van der Waals surface area contributed by atoms with Crippen molar-refractivity contribution in [2.75, 3.05) is 5.32 Å². The SMILES string of the molecule is Cc1nc2ccc(NCc3nc(CC(C)C)no3)cc2s1. The number of fused-ring (bicyclic) bond motifs is 1. The third-order valence-corrected chi connectivity index (χ3v) is 3.97. The first-order valence-corrected chi connectivity index (χ1v) is 7.84. The van der Waals surface area contributed by atoms with Crippen LogP contribution in [0.5, 0.6) is 0 Å². The summed E-state index contributed by atoms with van der Waals surface area (Å²) in [6.45, 7) is 6.84. The Hall–Kier alpha value is -1.95. The fraction of sp³-hybridized carbons (Fsp3) is 0.400. The van der Waals surface area contributed by atoms with Crippen LogP contribution in [0.25, 0.3) is 10.2 Å². The number of hydrogen-bond donors (Lipinski definition) is 1. The molecule has 0 amide bonds. The number of nitrogens with zero attached hydrogens (tertiary/aromatic N) is 3. The maximum absolute atomic E-state index is 5.25. The van der Waals surface area contributed by atoms with Gasteiger partial charge in [-0.25, -0.2) is 4.98 Å². The first-order valence-electron chi connectivity index (χ1n) is 7.02. The Bertz CT molecular complexity index is 747. The fourth-order valence-corrected chi connectivity index (χ4v) is 3.00. The quantitative estimate of drug-likeness (QED) is 0.776. The van der Waals surface area contributed by atoms with Crippen LogP contribution in [0.1, 0.15) is 30.6 Å². The van der Waals surface area contributed by atoms with Crippen molar-refractivity contribution in [1.29, 1.82) is 0 Å². The molecule has 0 unspecified atom stereocenters. The molecule has 0 saturated heterocycles. The van der Waals surface area contributed by atoms with Crippen LogP contribution in [0, 0.1) is 12.8 Å². The smallest absolute Gasteiger partial charge is 0.245 e. The lowest BCUT2D eigenvalue weighted by Crippen LogP contribution is -2.00. The highest BCUT2D eigenvalue weighted by Crippen LogP contribution is 2.24. The summed E-state index contributed by atoms with van der Waals surface area (Å²) in [6.07, 6.45) is 0.843. The summed E-state index contributed by atoms with van der Waals surface area (Å²) in [7, 11) is 0. The summed E-state index contributed by atoms with van der Waals surface area (Å²) in [5.41, 5.74) is 2.08.